The molecular weight excluding hydrogens is 186 g/mol. The van der Waals surface area contributed by atoms with Crippen LogP contribution in [0, 0.1) is 11.8 Å². The molecule has 2 saturated heterocycles. The molecule has 14 heavy (non-hydrogen) atoms. The molecule has 1 N–H and O–H groups in total. The van der Waals surface area contributed by atoms with E-state index < -0.39 is 5.92 Å². The monoisotopic (exact) mass is 204 g/mol. The van der Waals surface area contributed by atoms with Crippen molar-refractivity contribution in [2.75, 3.05) is 32.7 Å². The maximum Gasteiger partial charge on any atom is 0.261 e. The van der Waals surface area contributed by atoms with E-state index in [1.54, 1.807) is 0 Å². The van der Waals surface area contributed by atoms with E-state index in [4.69, 9.17) is 0 Å². The molecule has 0 bridgehead atoms. The Morgan fingerprint density at radius 3 is 2.71 bits per heavy atom. The van der Waals surface area contributed by atoms with E-state index in [2.05, 4.69) is 12.2 Å². The van der Waals surface area contributed by atoms with Crippen molar-refractivity contribution in [3.8, 4) is 0 Å². The molecule has 2 heterocycles. The van der Waals surface area contributed by atoms with Gasteiger partial charge in [-0.15, -0.1) is 0 Å². The summed E-state index contributed by atoms with van der Waals surface area (Å²) in [4.78, 5) is 1.91. The van der Waals surface area contributed by atoms with Gasteiger partial charge in [-0.3, -0.25) is 4.90 Å². The van der Waals surface area contributed by atoms with Crippen LogP contribution in [0.4, 0.5) is 8.78 Å². The fourth-order valence-corrected chi connectivity index (χ4v) is 2.40. The van der Waals surface area contributed by atoms with Gasteiger partial charge in [0.2, 0.25) is 0 Å². The Kier molecular flexibility index (Phi) is 2.75. The van der Waals surface area contributed by atoms with Crippen molar-refractivity contribution in [2.45, 2.75) is 19.3 Å². The quantitative estimate of drug-likeness (QED) is 0.726. The van der Waals surface area contributed by atoms with Crippen molar-refractivity contribution in [1.29, 1.82) is 0 Å². The normalized spacial score (nSPS) is 37.9. The molecule has 0 amide bonds. The number of alkyl halides is 2. The van der Waals surface area contributed by atoms with Crippen LogP contribution < -0.4 is 5.32 Å². The summed E-state index contributed by atoms with van der Waals surface area (Å²) in [6.45, 7) is 5.59. The van der Waals surface area contributed by atoms with Gasteiger partial charge in [-0.1, -0.05) is 6.92 Å². The largest absolute Gasteiger partial charge is 0.316 e. The van der Waals surface area contributed by atoms with Gasteiger partial charge in [-0.25, -0.2) is 8.78 Å². The minimum absolute atomic E-state index is 0.0315. The summed E-state index contributed by atoms with van der Waals surface area (Å²) in [5.74, 6) is -1.25. The highest BCUT2D eigenvalue weighted by Gasteiger charge is 2.39. The van der Waals surface area contributed by atoms with Crippen molar-refractivity contribution in [2.24, 2.45) is 11.8 Å². The van der Waals surface area contributed by atoms with Crippen LogP contribution in [0.3, 0.4) is 0 Å². The van der Waals surface area contributed by atoms with E-state index >= 15 is 0 Å². The van der Waals surface area contributed by atoms with Gasteiger partial charge < -0.3 is 5.32 Å². The molecule has 0 aromatic carbocycles. The second-order valence-electron chi connectivity index (χ2n) is 4.74. The first-order valence-electron chi connectivity index (χ1n) is 5.38. The van der Waals surface area contributed by atoms with Crippen LogP contribution in [0.5, 0.6) is 0 Å². The van der Waals surface area contributed by atoms with Gasteiger partial charge >= 0.3 is 0 Å². The molecular formula is C10H18F2N2. The first-order valence-corrected chi connectivity index (χ1v) is 5.38. The van der Waals surface area contributed by atoms with E-state index in [0.29, 0.717) is 18.4 Å². The number of hydrogen-bond donors (Lipinski definition) is 1. The standard InChI is InChI=1S/C10H18F2N2/c1-8-4-13-5-9(8)6-14-3-2-10(11,12)7-14/h8-9,13H,2-7H2,1H3. The zero-order valence-corrected chi connectivity index (χ0v) is 8.60. The molecule has 2 aliphatic heterocycles. The molecule has 4 heteroatoms. The van der Waals surface area contributed by atoms with Crippen LogP contribution >= 0.6 is 0 Å². The molecule has 2 aliphatic rings. The SMILES string of the molecule is CC1CNCC1CN1CCC(F)(F)C1. The molecule has 0 spiro atoms. The lowest BCUT2D eigenvalue weighted by atomic mass is 9.98. The van der Waals surface area contributed by atoms with Gasteiger partial charge in [0.15, 0.2) is 0 Å². The van der Waals surface area contributed by atoms with Crippen LogP contribution in [0.25, 0.3) is 0 Å². The second kappa shape index (κ2) is 3.74. The van der Waals surface area contributed by atoms with E-state index in [1.165, 1.54) is 0 Å². The Balaban J connectivity index is 1.81. The fourth-order valence-electron chi connectivity index (χ4n) is 2.40. The smallest absolute Gasteiger partial charge is 0.261 e. The Morgan fingerprint density at radius 2 is 2.21 bits per heavy atom. The summed E-state index contributed by atoms with van der Waals surface area (Å²) in [6, 6.07) is 0. The third-order valence-corrected chi connectivity index (χ3v) is 3.42. The molecule has 0 aromatic heterocycles. The van der Waals surface area contributed by atoms with Crippen molar-refractivity contribution < 1.29 is 8.78 Å². The maximum absolute atomic E-state index is 12.9. The highest BCUT2D eigenvalue weighted by Crippen LogP contribution is 2.28. The average Bonchev–Trinajstić information content (AvgIpc) is 2.61. The van der Waals surface area contributed by atoms with Gasteiger partial charge in [0.1, 0.15) is 0 Å². The third-order valence-electron chi connectivity index (χ3n) is 3.42. The van der Waals surface area contributed by atoms with Crippen LogP contribution in [-0.2, 0) is 0 Å². The summed E-state index contributed by atoms with van der Waals surface area (Å²) in [5, 5.41) is 3.30. The number of likely N-dealkylation sites (tertiary alicyclic amines) is 1. The Bertz CT molecular complexity index is 208. The lowest BCUT2D eigenvalue weighted by molar-refractivity contribution is 0.0106. The zero-order valence-electron chi connectivity index (χ0n) is 8.60. The highest BCUT2D eigenvalue weighted by molar-refractivity contribution is 4.86. The van der Waals surface area contributed by atoms with Gasteiger partial charge in [0, 0.05) is 19.5 Å². The fraction of sp³-hybridized carbons (Fsp3) is 1.00. The lowest BCUT2D eigenvalue weighted by Crippen LogP contribution is -2.32. The minimum atomic E-state index is -2.44. The molecule has 0 saturated carbocycles. The van der Waals surface area contributed by atoms with E-state index in [1.807, 2.05) is 4.90 Å². The van der Waals surface area contributed by atoms with Crippen molar-refractivity contribution >= 4 is 0 Å². The Labute approximate surface area is 83.7 Å². The number of nitrogens with zero attached hydrogens (tertiary/aromatic N) is 1. The maximum atomic E-state index is 12.9. The molecule has 0 radical (unpaired) electrons. The second-order valence-corrected chi connectivity index (χ2v) is 4.74. The van der Waals surface area contributed by atoms with E-state index in [9.17, 15) is 8.78 Å². The predicted octanol–water partition coefficient (Wildman–Crippen LogP) is 1.18. The number of halogens is 2. The average molecular weight is 204 g/mol. The van der Waals surface area contributed by atoms with Crippen molar-refractivity contribution in [3.63, 3.8) is 0 Å². The molecule has 2 unspecified atom stereocenters. The van der Waals surface area contributed by atoms with Gasteiger partial charge in [-0.05, 0) is 24.9 Å². The lowest BCUT2D eigenvalue weighted by Gasteiger charge is -2.22. The zero-order chi connectivity index (χ0) is 10.2. The first kappa shape index (κ1) is 10.3. The molecule has 2 atom stereocenters. The van der Waals surface area contributed by atoms with Crippen LogP contribution in [0.1, 0.15) is 13.3 Å². The summed E-state index contributed by atoms with van der Waals surface area (Å²) in [5.41, 5.74) is 0. The summed E-state index contributed by atoms with van der Waals surface area (Å²) in [6.07, 6.45) is 0.0432. The number of nitrogens with one attached hydrogen (secondary N) is 1. The van der Waals surface area contributed by atoms with Gasteiger partial charge in [-0.2, -0.15) is 0 Å². The third kappa shape index (κ3) is 2.23. The first-order chi connectivity index (χ1) is 6.57. The molecule has 2 rings (SSSR count). The molecule has 82 valence electrons. The summed E-state index contributed by atoms with van der Waals surface area (Å²) >= 11 is 0. The molecule has 0 aromatic rings. The van der Waals surface area contributed by atoms with E-state index in [0.717, 1.165) is 19.6 Å². The Hall–Kier alpha value is -0.220. The van der Waals surface area contributed by atoms with Crippen molar-refractivity contribution in [3.05, 3.63) is 0 Å². The van der Waals surface area contributed by atoms with Gasteiger partial charge in [0.25, 0.3) is 5.92 Å². The summed E-state index contributed by atoms with van der Waals surface area (Å²) in [7, 11) is 0. The van der Waals surface area contributed by atoms with E-state index in [-0.39, 0.29) is 13.0 Å². The number of rotatable bonds is 2. The molecule has 2 fully saturated rings. The predicted molar refractivity (Wildman–Crippen MR) is 51.5 cm³/mol. The summed E-state index contributed by atoms with van der Waals surface area (Å²) < 4.78 is 25.8. The van der Waals surface area contributed by atoms with Crippen molar-refractivity contribution in [1.82, 2.24) is 10.2 Å². The Morgan fingerprint density at radius 1 is 1.43 bits per heavy atom. The van der Waals surface area contributed by atoms with Gasteiger partial charge in [0.05, 0.1) is 6.54 Å². The topological polar surface area (TPSA) is 15.3 Å². The van der Waals surface area contributed by atoms with Crippen LogP contribution in [-0.4, -0.2) is 43.5 Å². The minimum Gasteiger partial charge on any atom is -0.316 e. The van der Waals surface area contributed by atoms with Crippen LogP contribution in [0.2, 0.25) is 0 Å². The highest BCUT2D eigenvalue weighted by atomic mass is 19.3. The molecule has 0 aliphatic carbocycles. The number of hydrogen-bond acceptors (Lipinski definition) is 2. The van der Waals surface area contributed by atoms with Crippen LogP contribution in [0.15, 0.2) is 0 Å². The molecule has 2 nitrogen and oxygen atoms in total.